The van der Waals surface area contributed by atoms with Crippen LogP contribution < -0.4 is 4.68 Å². The van der Waals surface area contributed by atoms with E-state index in [2.05, 4.69) is 35.8 Å². The zero-order valence-electron chi connectivity index (χ0n) is 10.2. The van der Waals surface area contributed by atoms with Crippen molar-refractivity contribution in [1.29, 1.82) is 0 Å². The molecule has 1 rings (SSSR count). The normalized spacial score (nSPS) is 10.9. The Kier molecular flexibility index (Phi) is 5.29. The summed E-state index contributed by atoms with van der Waals surface area (Å²) in [6.45, 7) is 8.36. The lowest BCUT2D eigenvalue weighted by Crippen LogP contribution is -2.40. The van der Waals surface area contributed by atoms with E-state index in [-0.39, 0.29) is 0 Å². The van der Waals surface area contributed by atoms with Crippen LogP contribution in [0.15, 0.2) is 0 Å². The Labute approximate surface area is 92.3 Å². The van der Waals surface area contributed by atoms with Crippen LogP contribution in [0.4, 0.5) is 0 Å². The van der Waals surface area contributed by atoms with Gasteiger partial charge in [-0.05, 0) is 24.6 Å². The van der Waals surface area contributed by atoms with Gasteiger partial charge in [0, 0.05) is 6.42 Å². The number of hydrogen-bond donors (Lipinski definition) is 0. The van der Waals surface area contributed by atoms with Crippen molar-refractivity contribution in [2.45, 2.75) is 66.0 Å². The van der Waals surface area contributed by atoms with Crippen molar-refractivity contribution in [1.82, 2.24) is 15.1 Å². The fraction of sp³-hybridized carbons (Fsp3) is 0.909. The van der Waals surface area contributed by atoms with E-state index < -0.39 is 0 Å². The number of unbranched alkanes of at least 4 members (excludes halogenated alkanes) is 2. The van der Waals surface area contributed by atoms with Gasteiger partial charge in [0.15, 0.2) is 0 Å². The molecule has 86 valence electrons. The summed E-state index contributed by atoms with van der Waals surface area (Å²) >= 11 is 0. The number of rotatable bonds is 7. The van der Waals surface area contributed by atoms with E-state index in [1.807, 2.05) is 0 Å². The van der Waals surface area contributed by atoms with E-state index in [4.69, 9.17) is 0 Å². The molecule has 4 heteroatoms. The zero-order valence-corrected chi connectivity index (χ0v) is 10.2. The summed E-state index contributed by atoms with van der Waals surface area (Å²) in [5, 5.41) is 8.93. The number of nitrogens with zero attached hydrogens (tertiary/aromatic N) is 4. The molecule has 0 aromatic carbocycles. The Bertz CT molecular complexity index is 255. The molecular weight excluding hydrogens is 188 g/mol. The van der Waals surface area contributed by atoms with Gasteiger partial charge in [0.2, 0.25) is 0 Å². The van der Waals surface area contributed by atoms with Gasteiger partial charge in [-0.1, -0.05) is 26.7 Å². The Morgan fingerprint density at radius 2 is 1.87 bits per heavy atom. The quantitative estimate of drug-likeness (QED) is 0.644. The van der Waals surface area contributed by atoms with Gasteiger partial charge in [-0.2, -0.15) is 0 Å². The summed E-state index contributed by atoms with van der Waals surface area (Å²) in [5.41, 5.74) is 0. The van der Waals surface area contributed by atoms with E-state index in [0.29, 0.717) is 0 Å². The van der Waals surface area contributed by atoms with Gasteiger partial charge in [-0.3, -0.25) is 0 Å². The average molecular weight is 211 g/mol. The summed E-state index contributed by atoms with van der Waals surface area (Å²) in [4.78, 5) is 1.79. The monoisotopic (exact) mass is 211 g/mol. The highest BCUT2D eigenvalue weighted by Gasteiger charge is 2.16. The molecule has 0 unspecified atom stereocenters. The van der Waals surface area contributed by atoms with Crippen molar-refractivity contribution < 1.29 is 4.68 Å². The van der Waals surface area contributed by atoms with Crippen molar-refractivity contribution in [3.63, 3.8) is 0 Å². The van der Waals surface area contributed by atoms with E-state index >= 15 is 0 Å². The summed E-state index contributed by atoms with van der Waals surface area (Å²) in [5.74, 6) is 1.15. The van der Waals surface area contributed by atoms with Gasteiger partial charge in [0.05, 0.1) is 16.9 Å². The largest absolute Gasteiger partial charge is 0.298 e. The molecule has 0 aliphatic carbocycles. The van der Waals surface area contributed by atoms with Crippen molar-refractivity contribution in [2.75, 3.05) is 0 Å². The predicted octanol–water partition coefficient (Wildman–Crippen LogP) is 1.73. The first kappa shape index (κ1) is 12.1. The lowest BCUT2D eigenvalue weighted by Gasteiger charge is -1.95. The molecule has 0 atom stereocenters. The van der Waals surface area contributed by atoms with E-state index in [0.717, 1.165) is 25.3 Å². The van der Waals surface area contributed by atoms with Gasteiger partial charge < -0.3 is 0 Å². The maximum atomic E-state index is 4.49. The second kappa shape index (κ2) is 6.53. The van der Waals surface area contributed by atoms with Gasteiger partial charge in [-0.25, -0.2) is 0 Å². The smallest absolute Gasteiger partial charge is 0.137 e. The Hall–Kier alpha value is -0.930. The van der Waals surface area contributed by atoms with Crippen molar-refractivity contribution >= 4 is 0 Å². The van der Waals surface area contributed by atoms with Crippen LogP contribution in [0.3, 0.4) is 0 Å². The van der Waals surface area contributed by atoms with E-state index in [9.17, 15) is 0 Å². The van der Waals surface area contributed by atoms with Crippen molar-refractivity contribution in [2.24, 2.45) is 0 Å². The number of aromatic nitrogens is 4. The standard InChI is InChI=1S/C11H23N4/c1-4-7-9-11-12-15(6-3)13-14(11)10-8-5-2/h4-10H2,1-3H3/q+1. The topological polar surface area (TPSA) is 34.6 Å². The minimum atomic E-state index is 0.859. The summed E-state index contributed by atoms with van der Waals surface area (Å²) in [6.07, 6.45) is 5.87. The van der Waals surface area contributed by atoms with Gasteiger partial charge in [-0.15, -0.1) is 4.68 Å². The number of tetrazole rings is 1. The molecule has 0 saturated carbocycles. The molecule has 0 N–H and O–H groups in total. The van der Waals surface area contributed by atoms with Crippen molar-refractivity contribution in [3.05, 3.63) is 5.82 Å². The first-order valence-corrected chi connectivity index (χ1v) is 6.15. The number of hydrogen-bond acceptors (Lipinski definition) is 2. The SMILES string of the molecule is CCCCc1nn(CC)n[n+]1CCCC. The fourth-order valence-electron chi connectivity index (χ4n) is 1.51. The molecule has 0 amide bonds. The molecule has 0 spiro atoms. The molecule has 0 aliphatic heterocycles. The van der Waals surface area contributed by atoms with Crippen LogP contribution in [0.5, 0.6) is 0 Å². The molecule has 0 fully saturated rings. The van der Waals surface area contributed by atoms with Crippen LogP contribution in [0.25, 0.3) is 0 Å². The summed E-state index contributed by atoms with van der Waals surface area (Å²) < 4.78 is 2.07. The first-order valence-electron chi connectivity index (χ1n) is 6.15. The fourth-order valence-corrected chi connectivity index (χ4v) is 1.51. The van der Waals surface area contributed by atoms with Gasteiger partial charge in [0.25, 0.3) is 5.82 Å². The molecule has 0 bridgehead atoms. The third-order valence-corrected chi connectivity index (χ3v) is 2.50. The van der Waals surface area contributed by atoms with Crippen molar-refractivity contribution in [3.8, 4) is 0 Å². The molecule has 0 saturated heterocycles. The highest BCUT2D eigenvalue weighted by Crippen LogP contribution is 1.97. The third kappa shape index (κ3) is 3.61. The third-order valence-electron chi connectivity index (χ3n) is 2.50. The van der Waals surface area contributed by atoms with Crippen LogP contribution in [0.1, 0.15) is 52.3 Å². The lowest BCUT2D eigenvalue weighted by molar-refractivity contribution is -0.762. The highest BCUT2D eigenvalue weighted by molar-refractivity contribution is 4.68. The van der Waals surface area contributed by atoms with Crippen LogP contribution in [0, 0.1) is 0 Å². The van der Waals surface area contributed by atoms with Gasteiger partial charge >= 0.3 is 0 Å². The molecule has 1 aromatic rings. The second-order valence-electron chi connectivity index (χ2n) is 3.87. The average Bonchev–Trinajstić information content (AvgIpc) is 2.66. The Balaban J connectivity index is 2.66. The molecule has 1 aromatic heterocycles. The molecule has 0 aliphatic rings. The van der Waals surface area contributed by atoms with Crippen LogP contribution in [-0.4, -0.2) is 15.1 Å². The van der Waals surface area contributed by atoms with E-state index in [1.165, 1.54) is 25.7 Å². The summed E-state index contributed by atoms with van der Waals surface area (Å²) in [7, 11) is 0. The minimum absolute atomic E-state index is 0.859. The van der Waals surface area contributed by atoms with E-state index in [1.54, 1.807) is 4.80 Å². The Morgan fingerprint density at radius 3 is 2.47 bits per heavy atom. The first-order chi connectivity index (χ1) is 7.31. The molecular formula is C11H23N4+. The lowest BCUT2D eigenvalue weighted by atomic mass is 10.2. The van der Waals surface area contributed by atoms with Crippen LogP contribution in [-0.2, 0) is 19.5 Å². The van der Waals surface area contributed by atoms with Crippen LogP contribution in [0.2, 0.25) is 0 Å². The molecule has 1 heterocycles. The maximum Gasteiger partial charge on any atom is 0.298 e. The number of aryl methyl sites for hydroxylation is 3. The Morgan fingerprint density at radius 1 is 1.13 bits per heavy atom. The van der Waals surface area contributed by atoms with Crippen LogP contribution >= 0.6 is 0 Å². The highest BCUT2D eigenvalue weighted by atomic mass is 15.6. The second-order valence-corrected chi connectivity index (χ2v) is 3.87. The maximum absolute atomic E-state index is 4.49. The molecule has 0 radical (unpaired) electrons. The summed E-state index contributed by atoms with van der Waals surface area (Å²) in [6, 6.07) is 0. The predicted molar refractivity (Wildman–Crippen MR) is 59.4 cm³/mol. The molecule has 4 nitrogen and oxygen atoms in total. The molecule has 15 heavy (non-hydrogen) atoms. The van der Waals surface area contributed by atoms with Gasteiger partial charge in [0.1, 0.15) is 6.54 Å². The minimum Gasteiger partial charge on any atom is -0.137 e. The zero-order chi connectivity index (χ0) is 11.1.